The van der Waals surface area contributed by atoms with Crippen molar-refractivity contribution in [3.8, 4) is 0 Å². The topological polar surface area (TPSA) is 69.2 Å². The number of halogens is 1. The molecule has 0 aromatic carbocycles. The highest BCUT2D eigenvalue weighted by Crippen LogP contribution is 2.11. The molecular formula is C18H38IN5O2. The predicted molar refractivity (Wildman–Crippen MR) is 119 cm³/mol. The summed E-state index contributed by atoms with van der Waals surface area (Å²) in [4.78, 5) is 20.7. The van der Waals surface area contributed by atoms with E-state index in [4.69, 9.17) is 9.73 Å². The van der Waals surface area contributed by atoms with Crippen LogP contribution in [0.25, 0.3) is 0 Å². The third-order valence-electron chi connectivity index (χ3n) is 4.66. The predicted octanol–water partition coefficient (Wildman–Crippen LogP) is 2.51. The lowest BCUT2D eigenvalue weighted by Crippen LogP contribution is -2.50. The van der Waals surface area contributed by atoms with Gasteiger partial charge in [-0.2, -0.15) is 0 Å². The number of guanidine groups is 1. The molecule has 0 aromatic heterocycles. The zero-order chi connectivity index (χ0) is 18.7. The molecule has 2 N–H and O–H groups in total. The summed E-state index contributed by atoms with van der Waals surface area (Å²) >= 11 is 0. The Kier molecular flexibility index (Phi) is 13.9. The number of ether oxygens (including phenoxy) is 1. The van der Waals surface area contributed by atoms with Crippen molar-refractivity contribution < 1.29 is 9.53 Å². The molecule has 0 radical (unpaired) electrons. The molecule has 1 fully saturated rings. The first-order valence-corrected chi connectivity index (χ1v) is 9.76. The van der Waals surface area contributed by atoms with Crippen molar-refractivity contribution in [1.29, 1.82) is 0 Å². The highest BCUT2D eigenvalue weighted by atomic mass is 127. The van der Waals surface area contributed by atoms with Gasteiger partial charge in [-0.3, -0.25) is 9.89 Å². The average molecular weight is 483 g/mol. The van der Waals surface area contributed by atoms with E-state index in [2.05, 4.69) is 43.2 Å². The van der Waals surface area contributed by atoms with Crippen LogP contribution in [0, 0.1) is 0 Å². The van der Waals surface area contributed by atoms with Gasteiger partial charge in [-0.25, -0.2) is 4.79 Å². The second kappa shape index (κ2) is 14.3. The summed E-state index contributed by atoms with van der Waals surface area (Å²) in [6.45, 7) is 16.1. The molecule has 0 saturated carbocycles. The molecule has 8 heteroatoms. The standard InChI is InChI=1S/C18H37N5O2.HI/c1-6-19-17(20-14-15(5)22(7-2)8-3)21-16-10-12-23(13-11-16)18(24)25-9-4;/h15-16H,6-14H2,1-5H3,(H2,19,20,21);1H. The molecule has 1 heterocycles. The normalized spacial score (nSPS) is 16.8. The van der Waals surface area contributed by atoms with Crippen LogP contribution in [-0.4, -0.2) is 79.8 Å². The van der Waals surface area contributed by atoms with Crippen molar-refractivity contribution in [2.75, 3.05) is 45.9 Å². The van der Waals surface area contributed by atoms with E-state index in [1.807, 2.05) is 6.92 Å². The van der Waals surface area contributed by atoms with E-state index in [1.54, 1.807) is 4.90 Å². The van der Waals surface area contributed by atoms with Gasteiger partial charge in [0, 0.05) is 31.7 Å². The molecule has 1 aliphatic heterocycles. The lowest BCUT2D eigenvalue weighted by molar-refractivity contribution is 0.0963. The van der Waals surface area contributed by atoms with Gasteiger partial charge in [-0.15, -0.1) is 24.0 Å². The smallest absolute Gasteiger partial charge is 0.409 e. The number of carbonyl (C=O) groups excluding carboxylic acids is 1. The van der Waals surface area contributed by atoms with Crippen LogP contribution in [-0.2, 0) is 4.74 Å². The largest absolute Gasteiger partial charge is 0.450 e. The van der Waals surface area contributed by atoms with Gasteiger partial charge >= 0.3 is 6.09 Å². The first kappa shape index (κ1) is 25.2. The van der Waals surface area contributed by atoms with Gasteiger partial charge < -0.3 is 20.3 Å². The van der Waals surface area contributed by atoms with Crippen LogP contribution < -0.4 is 10.6 Å². The molecule has 0 spiro atoms. The van der Waals surface area contributed by atoms with E-state index in [0.717, 1.165) is 58.1 Å². The number of hydrogen-bond acceptors (Lipinski definition) is 4. The molecule has 0 aromatic rings. The summed E-state index contributed by atoms with van der Waals surface area (Å²) in [6, 6.07) is 0.767. The van der Waals surface area contributed by atoms with Crippen LogP contribution in [0.4, 0.5) is 4.79 Å². The van der Waals surface area contributed by atoms with E-state index in [0.29, 0.717) is 18.7 Å². The molecular weight excluding hydrogens is 445 g/mol. The Morgan fingerprint density at radius 1 is 1.23 bits per heavy atom. The van der Waals surface area contributed by atoms with E-state index in [-0.39, 0.29) is 30.1 Å². The van der Waals surface area contributed by atoms with Crippen LogP contribution in [0.3, 0.4) is 0 Å². The quantitative estimate of drug-likeness (QED) is 0.316. The zero-order valence-corrected chi connectivity index (χ0v) is 19.4. The highest BCUT2D eigenvalue weighted by molar-refractivity contribution is 14.0. The summed E-state index contributed by atoms with van der Waals surface area (Å²) in [5.74, 6) is 0.871. The lowest BCUT2D eigenvalue weighted by Gasteiger charge is -2.32. The van der Waals surface area contributed by atoms with Crippen LogP contribution in [0.2, 0.25) is 0 Å². The first-order valence-electron chi connectivity index (χ1n) is 9.76. The Hall–Kier alpha value is -0.770. The van der Waals surface area contributed by atoms with Crippen molar-refractivity contribution >= 4 is 36.0 Å². The summed E-state index contributed by atoms with van der Waals surface area (Å²) < 4.78 is 5.07. The molecule has 1 aliphatic rings. The van der Waals surface area contributed by atoms with E-state index in [1.165, 1.54) is 0 Å². The average Bonchev–Trinajstić information content (AvgIpc) is 2.61. The SMILES string of the molecule is CCNC(=NCC(C)N(CC)CC)NC1CCN(C(=O)OCC)CC1.I. The maximum atomic E-state index is 11.8. The van der Waals surface area contributed by atoms with Crippen LogP contribution in [0.5, 0.6) is 0 Å². The van der Waals surface area contributed by atoms with Gasteiger partial charge in [0.15, 0.2) is 5.96 Å². The fraction of sp³-hybridized carbons (Fsp3) is 0.889. The molecule has 0 bridgehead atoms. The molecule has 154 valence electrons. The van der Waals surface area contributed by atoms with Gasteiger partial charge in [-0.05, 0) is 46.7 Å². The number of likely N-dealkylation sites (N-methyl/N-ethyl adjacent to an activating group) is 1. The van der Waals surface area contributed by atoms with Gasteiger partial charge in [0.05, 0.1) is 13.2 Å². The van der Waals surface area contributed by atoms with E-state index in [9.17, 15) is 4.79 Å². The molecule has 1 atom stereocenters. The molecule has 0 aliphatic carbocycles. The van der Waals surface area contributed by atoms with Crippen LogP contribution in [0.15, 0.2) is 4.99 Å². The number of aliphatic imine (C=N–C) groups is 1. The van der Waals surface area contributed by atoms with Gasteiger partial charge in [0.1, 0.15) is 0 Å². The Morgan fingerprint density at radius 3 is 2.35 bits per heavy atom. The minimum absolute atomic E-state index is 0. The number of amides is 1. The maximum Gasteiger partial charge on any atom is 0.409 e. The molecule has 1 amide bonds. The lowest BCUT2D eigenvalue weighted by atomic mass is 10.1. The highest BCUT2D eigenvalue weighted by Gasteiger charge is 2.24. The number of piperidine rings is 1. The summed E-state index contributed by atoms with van der Waals surface area (Å²) in [5.41, 5.74) is 0. The zero-order valence-electron chi connectivity index (χ0n) is 17.1. The van der Waals surface area contributed by atoms with Crippen molar-refractivity contribution in [2.45, 2.75) is 59.5 Å². The monoisotopic (exact) mass is 483 g/mol. The summed E-state index contributed by atoms with van der Waals surface area (Å²) in [6.07, 6.45) is 1.62. The second-order valence-corrected chi connectivity index (χ2v) is 6.39. The van der Waals surface area contributed by atoms with Gasteiger partial charge in [-0.1, -0.05) is 13.8 Å². The van der Waals surface area contributed by atoms with Crippen molar-refractivity contribution in [2.24, 2.45) is 4.99 Å². The fourth-order valence-corrected chi connectivity index (χ4v) is 3.12. The summed E-state index contributed by atoms with van der Waals surface area (Å²) in [5, 5.41) is 6.85. The van der Waals surface area contributed by atoms with Crippen molar-refractivity contribution in [3.05, 3.63) is 0 Å². The fourth-order valence-electron chi connectivity index (χ4n) is 3.12. The van der Waals surface area contributed by atoms with Crippen LogP contribution in [0.1, 0.15) is 47.5 Å². The van der Waals surface area contributed by atoms with Gasteiger partial charge in [0.25, 0.3) is 0 Å². The number of nitrogens with one attached hydrogen (secondary N) is 2. The van der Waals surface area contributed by atoms with Crippen LogP contribution >= 0.6 is 24.0 Å². The summed E-state index contributed by atoms with van der Waals surface area (Å²) in [7, 11) is 0. The number of rotatable bonds is 8. The Balaban J connectivity index is 0.00000625. The molecule has 1 rings (SSSR count). The number of nitrogens with zero attached hydrogens (tertiary/aromatic N) is 3. The number of carbonyl (C=O) groups is 1. The van der Waals surface area contributed by atoms with Crippen molar-refractivity contribution in [3.63, 3.8) is 0 Å². The Morgan fingerprint density at radius 2 is 1.85 bits per heavy atom. The number of likely N-dealkylation sites (tertiary alicyclic amines) is 1. The minimum Gasteiger partial charge on any atom is -0.450 e. The second-order valence-electron chi connectivity index (χ2n) is 6.39. The third kappa shape index (κ3) is 8.75. The molecule has 1 unspecified atom stereocenters. The Bertz CT molecular complexity index is 410. The third-order valence-corrected chi connectivity index (χ3v) is 4.66. The molecule has 26 heavy (non-hydrogen) atoms. The Labute approximate surface area is 176 Å². The molecule has 7 nitrogen and oxygen atoms in total. The first-order chi connectivity index (χ1) is 12.0. The minimum atomic E-state index is -0.199. The number of hydrogen-bond donors (Lipinski definition) is 2. The molecule has 1 saturated heterocycles. The van der Waals surface area contributed by atoms with E-state index < -0.39 is 0 Å². The van der Waals surface area contributed by atoms with Gasteiger partial charge in [0.2, 0.25) is 0 Å². The van der Waals surface area contributed by atoms with E-state index >= 15 is 0 Å². The maximum absolute atomic E-state index is 11.8. The van der Waals surface area contributed by atoms with Crippen molar-refractivity contribution in [1.82, 2.24) is 20.4 Å².